The maximum Gasteiger partial charge on any atom is 0.332 e. The Morgan fingerprint density at radius 2 is 1.52 bits per heavy atom. The number of amides is 5. The van der Waals surface area contributed by atoms with Crippen molar-refractivity contribution in [2.24, 2.45) is 5.73 Å². The standard InChI is InChI=1S/C31H40N4O5/c1-19(2)23-10-9-11-24(20(3)4)27(23)33-28(37)25(18-26(32)36)34-29(38)31(16-7-6-8-17-31)35(30(34)39)21-12-14-22(40-5)15-13-21/h9-15,19-20,25H,6-8,16-18H2,1-5H3,(H2,32,36)(H,33,37). The first-order chi connectivity index (χ1) is 19.0. The second-order valence-corrected chi connectivity index (χ2v) is 11.4. The van der Waals surface area contributed by atoms with Crippen LogP contribution in [0, 0.1) is 0 Å². The number of hydrogen-bond donors (Lipinski definition) is 2. The summed E-state index contributed by atoms with van der Waals surface area (Å²) in [5, 5.41) is 3.00. The van der Waals surface area contributed by atoms with Gasteiger partial charge in [0.15, 0.2) is 0 Å². The van der Waals surface area contributed by atoms with E-state index in [0.29, 0.717) is 30.0 Å². The predicted octanol–water partition coefficient (Wildman–Crippen LogP) is 5.30. The highest BCUT2D eigenvalue weighted by Crippen LogP contribution is 2.44. The Balaban J connectivity index is 1.78. The molecule has 3 N–H and O–H groups in total. The van der Waals surface area contributed by atoms with Crippen LogP contribution in [0.3, 0.4) is 0 Å². The monoisotopic (exact) mass is 548 g/mol. The van der Waals surface area contributed by atoms with Gasteiger partial charge >= 0.3 is 6.03 Å². The Morgan fingerprint density at radius 3 is 2.02 bits per heavy atom. The van der Waals surface area contributed by atoms with E-state index in [1.807, 2.05) is 45.9 Å². The van der Waals surface area contributed by atoms with Crippen molar-refractivity contribution in [3.05, 3.63) is 53.6 Å². The quantitative estimate of drug-likeness (QED) is 0.412. The third-order valence-corrected chi connectivity index (χ3v) is 8.08. The molecule has 1 aliphatic heterocycles. The number of carbonyl (C=O) groups excluding carboxylic acids is 4. The van der Waals surface area contributed by atoms with Crippen LogP contribution in [0.4, 0.5) is 16.2 Å². The van der Waals surface area contributed by atoms with Gasteiger partial charge in [0.05, 0.1) is 13.5 Å². The van der Waals surface area contributed by atoms with E-state index < -0.39 is 41.8 Å². The average Bonchev–Trinajstić information content (AvgIpc) is 3.12. The van der Waals surface area contributed by atoms with Crippen LogP contribution in [0.25, 0.3) is 0 Å². The number of methoxy groups -OCH3 is 1. The second-order valence-electron chi connectivity index (χ2n) is 11.4. The summed E-state index contributed by atoms with van der Waals surface area (Å²) >= 11 is 0. The van der Waals surface area contributed by atoms with Gasteiger partial charge in [0, 0.05) is 11.4 Å². The Morgan fingerprint density at radius 1 is 0.950 bits per heavy atom. The van der Waals surface area contributed by atoms with Crippen LogP contribution in [0.1, 0.15) is 89.2 Å². The zero-order valence-electron chi connectivity index (χ0n) is 24.0. The highest BCUT2D eigenvalue weighted by atomic mass is 16.5. The molecule has 0 aromatic heterocycles. The molecule has 0 radical (unpaired) electrons. The number of urea groups is 1. The maximum atomic E-state index is 14.2. The predicted molar refractivity (Wildman–Crippen MR) is 154 cm³/mol. The van der Waals surface area contributed by atoms with E-state index in [0.717, 1.165) is 35.3 Å². The van der Waals surface area contributed by atoms with Gasteiger partial charge in [-0.1, -0.05) is 65.2 Å². The number of rotatable bonds is 9. The molecule has 1 aliphatic carbocycles. The summed E-state index contributed by atoms with van der Waals surface area (Å²) < 4.78 is 5.28. The number of benzene rings is 2. The number of nitrogens with zero attached hydrogens (tertiary/aromatic N) is 2. The molecule has 2 fully saturated rings. The van der Waals surface area contributed by atoms with Crippen LogP contribution in [-0.4, -0.2) is 47.3 Å². The lowest BCUT2D eigenvalue weighted by molar-refractivity contribution is -0.138. The molecule has 40 heavy (non-hydrogen) atoms. The van der Waals surface area contributed by atoms with Gasteiger partial charge < -0.3 is 15.8 Å². The van der Waals surface area contributed by atoms with Crippen molar-refractivity contribution in [2.45, 2.75) is 89.6 Å². The number of hydrogen-bond acceptors (Lipinski definition) is 5. The van der Waals surface area contributed by atoms with Gasteiger partial charge in [-0.25, -0.2) is 9.69 Å². The van der Waals surface area contributed by atoms with Crippen molar-refractivity contribution >= 4 is 35.1 Å². The molecule has 214 valence electrons. The Bertz CT molecular complexity index is 1250. The lowest BCUT2D eigenvalue weighted by atomic mass is 9.80. The minimum absolute atomic E-state index is 0.106. The maximum absolute atomic E-state index is 14.2. The van der Waals surface area contributed by atoms with Gasteiger partial charge in [0.2, 0.25) is 11.8 Å². The van der Waals surface area contributed by atoms with Crippen LogP contribution in [0.2, 0.25) is 0 Å². The van der Waals surface area contributed by atoms with E-state index in [2.05, 4.69) is 5.32 Å². The number of nitrogens with two attached hydrogens (primary N) is 1. The number of para-hydroxylation sites is 1. The van der Waals surface area contributed by atoms with Crippen LogP contribution in [0.5, 0.6) is 5.75 Å². The summed E-state index contributed by atoms with van der Waals surface area (Å²) in [5.41, 5.74) is 7.51. The molecule has 2 aromatic rings. The molecule has 1 saturated carbocycles. The summed E-state index contributed by atoms with van der Waals surface area (Å²) in [6, 6.07) is 10.8. The van der Waals surface area contributed by atoms with Crippen molar-refractivity contribution in [1.29, 1.82) is 0 Å². The summed E-state index contributed by atoms with van der Waals surface area (Å²) in [6.07, 6.45) is 2.96. The van der Waals surface area contributed by atoms with Gasteiger partial charge in [-0.15, -0.1) is 0 Å². The van der Waals surface area contributed by atoms with Gasteiger partial charge in [-0.2, -0.15) is 0 Å². The van der Waals surface area contributed by atoms with E-state index in [4.69, 9.17) is 10.5 Å². The molecule has 1 heterocycles. The first-order valence-corrected chi connectivity index (χ1v) is 14.1. The van der Waals surface area contributed by atoms with Crippen molar-refractivity contribution < 1.29 is 23.9 Å². The third-order valence-electron chi connectivity index (χ3n) is 8.08. The number of carbonyl (C=O) groups is 4. The first kappa shape index (κ1) is 29.1. The number of primary amides is 1. The molecule has 2 aromatic carbocycles. The zero-order valence-corrected chi connectivity index (χ0v) is 24.0. The van der Waals surface area contributed by atoms with Crippen molar-refractivity contribution in [2.75, 3.05) is 17.3 Å². The highest BCUT2D eigenvalue weighted by molar-refractivity contribution is 6.19. The third kappa shape index (κ3) is 5.29. The number of ether oxygens (including phenoxy) is 1. The second kappa shape index (κ2) is 11.7. The smallest absolute Gasteiger partial charge is 0.332 e. The molecule has 2 aliphatic rings. The van der Waals surface area contributed by atoms with Gasteiger partial charge in [-0.3, -0.25) is 19.3 Å². The number of anilines is 2. The van der Waals surface area contributed by atoms with E-state index in [1.165, 1.54) is 4.90 Å². The average molecular weight is 549 g/mol. The molecule has 1 spiro atoms. The molecule has 5 amide bonds. The summed E-state index contributed by atoms with van der Waals surface area (Å²) in [6.45, 7) is 8.12. The van der Waals surface area contributed by atoms with E-state index in [-0.39, 0.29) is 11.8 Å². The molecule has 0 bridgehead atoms. The van der Waals surface area contributed by atoms with Crippen molar-refractivity contribution in [3.63, 3.8) is 0 Å². The fourth-order valence-corrected chi connectivity index (χ4v) is 6.03. The van der Waals surface area contributed by atoms with Gasteiger partial charge in [0.1, 0.15) is 17.3 Å². The molecule has 4 rings (SSSR count). The first-order valence-electron chi connectivity index (χ1n) is 14.1. The van der Waals surface area contributed by atoms with E-state index in [9.17, 15) is 19.2 Å². The molecular weight excluding hydrogens is 508 g/mol. The topological polar surface area (TPSA) is 122 Å². The fraction of sp³-hybridized carbons (Fsp3) is 0.484. The number of nitrogens with one attached hydrogen (secondary N) is 1. The highest BCUT2D eigenvalue weighted by Gasteiger charge is 2.60. The molecular formula is C31H40N4O5. The molecule has 1 saturated heterocycles. The molecule has 9 heteroatoms. The summed E-state index contributed by atoms with van der Waals surface area (Å²) in [5.74, 6) is -1.02. The molecule has 1 atom stereocenters. The lowest BCUT2D eigenvalue weighted by Crippen LogP contribution is -2.53. The van der Waals surface area contributed by atoms with E-state index in [1.54, 1.807) is 31.4 Å². The van der Waals surface area contributed by atoms with Gasteiger partial charge in [0.25, 0.3) is 5.91 Å². The Labute approximate surface area is 236 Å². The lowest BCUT2D eigenvalue weighted by Gasteiger charge is -2.38. The molecule has 9 nitrogen and oxygen atoms in total. The van der Waals surface area contributed by atoms with E-state index >= 15 is 0 Å². The minimum Gasteiger partial charge on any atom is -0.497 e. The Kier molecular flexibility index (Phi) is 8.51. The zero-order chi connectivity index (χ0) is 29.2. The van der Waals surface area contributed by atoms with Crippen LogP contribution in [-0.2, 0) is 14.4 Å². The fourth-order valence-electron chi connectivity index (χ4n) is 6.03. The largest absolute Gasteiger partial charge is 0.497 e. The molecule has 1 unspecified atom stereocenters. The van der Waals surface area contributed by atoms with Gasteiger partial charge in [-0.05, 0) is 60.1 Å². The number of imide groups is 1. The van der Waals surface area contributed by atoms with Crippen molar-refractivity contribution in [3.8, 4) is 5.75 Å². The Hall–Kier alpha value is -3.88. The van der Waals surface area contributed by atoms with Crippen LogP contribution >= 0.6 is 0 Å². The summed E-state index contributed by atoms with van der Waals surface area (Å²) in [7, 11) is 1.55. The normalized spacial score (nSPS) is 17.6. The van der Waals surface area contributed by atoms with Crippen LogP contribution in [0.15, 0.2) is 42.5 Å². The van der Waals surface area contributed by atoms with Crippen molar-refractivity contribution in [1.82, 2.24) is 4.90 Å². The minimum atomic E-state index is -1.39. The summed E-state index contributed by atoms with van der Waals surface area (Å²) in [4.78, 5) is 57.1. The SMILES string of the molecule is COc1ccc(N2C(=O)N(C(CC(N)=O)C(=O)Nc3c(C(C)C)cccc3C(C)C)C(=O)C23CCCCC3)cc1. The van der Waals surface area contributed by atoms with Crippen LogP contribution < -0.4 is 20.7 Å².